The summed E-state index contributed by atoms with van der Waals surface area (Å²) >= 11 is 0. The highest BCUT2D eigenvalue weighted by Crippen LogP contribution is 2.36. The molecule has 0 spiro atoms. The van der Waals surface area contributed by atoms with E-state index < -0.39 is 28.2 Å². The molecule has 0 aromatic heterocycles. The van der Waals surface area contributed by atoms with Gasteiger partial charge >= 0.3 is 7.12 Å². The van der Waals surface area contributed by atoms with Crippen LogP contribution in [-0.2, 0) is 19.1 Å². The van der Waals surface area contributed by atoms with Gasteiger partial charge in [-0.2, -0.15) is 0 Å². The minimum absolute atomic E-state index is 0.267. The van der Waals surface area contributed by atoms with Crippen LogP contribution in [0.25, 0.3) is 0 Å². The Morgan fingerprint density at radius 1 is 1.05 bits per heavy atom. The second-order valence-corrected chi connectivity index (χ2v) is 9.42. The van der Waals surface area contributed by atoms with Gasteiger partial charge in [-0.1, -0.05) is 12.1 Å². The maximum atomic E-state index is 12.3. The molecule has 22 heavy (non-hydrogen) atoms. The summed E-state index contributed by atoms with van der Waals surface area (Å²) in [5.41, 5.74) is 0.0620. The molecule has 1 aliphatic carbocycles. The maximum absolute atomic E-state index is 12.3. The summed E-state index contributed by atoms with van der Waals surface area (Å²) in [7, 11) is -3.62. The first-order valence-corrected chi connectivity index (χ1v) is 9.44. The first-order valence-electron chi connectivity index (χ1n) is 7.79. The summed E-state index contributed by atoms with van der Waals surface area (Å²) in [5, 5.41) is 0. The molecule has 0 N–H and O–H groups in total. The number of rotatable bonds is 4. The molecule has 4 nitrogen and oxygen atoms in total. The Morgan fingerprint density at radius 2 is 1.55 bits per heavy atom. The van der Waals surface area contributed by atoms with Gasteiger partial charge in [-0.3, -0.25) is 0 Å². The van der Waals surface area contributed by atoms with Gasteiger partial charge in [0.25, 0.3) is 0 Å². The Bertz CT molecular complexity index is 644. The zero-order chi connectivity index (χ0) is 16.2. The van der Waals surface area contributed by atoms with Crippen LogP contribution in [0, 0.1) is 5.92 Å². The predicted molar refractivity (Wildman–Crippen MR) is 86.9 cm³/mol. The lowest BCUT2D eigenvalue weighted by atomic mass is 9.79. The van der Waals surface area contributed by atoms with Crippen LogP contribution in [0.1, 0.15) is 40.5 Å². The van der Waals surface area contributed by atoms with Crippen molar-refractivity contribution < 1.29 is 17.7 Å². The van der Waals surface area contributed by atoms with E-state index in [4.69, 9.17) is 9.31 Å². The van der Waals surface area contributed by atoms with E-state index in [1.54, 1.807) is 24.3 Å². The fourth-order valence-electron chi connectivity index (χ4n) is 2.50. The van der Waals surface area contributed by atoms with Gasteiger partial charge < -0.3 is 9.31 Å². The second kappa shape index (κ2) is 5.08. The minimum atomic E-state index is -3.16. The minimum Gasteiger partial charge on any atom is -0.399 e. The normalized spacial score (nSPS) is 23.7. The van der Waals surface area contributed by atoms with E-state index in [9.17, 15) is 8.42 Å². The van der Waals surface area contributed by atoms with Gasteiger partial charge in [-0.15, -0.1) is 0 Å². The van der Waals surface area contributed by atoms with Gasteiger partial charge in [0, 0.05) is 0 Å². The van der Waals surface area contributed by atoms with Crippen molar-refractivity contribution in [2.24, 2.45) is 5.92 Å². The SMILES string of the molecule is CC1(C)OB(c2ccc(S(=O)(=O)CC3CC3)cc2)OC1(C)C. The van der Waals surface area contributed by atoms with Crippen molar-refractivity contribution in [3.05, 3.63) is 24.3 Å². The maximum Gasteiger partial charge on any atom is 0.494 e. The highest BCUT2D eigenvalue weighted by Gasteiger charge is 2.51. The van der Waals surface area contributed by atoms with Gasteiger partial charge in [-0.25, -0.2) is 8.42 Å². The average molecular weight is 322 g/mol. The first kappa shape index (κ1) is 16.0. The zero-order valence-electron chi connectivity index (χ0n) is 13.6. The van der Waals surface area contributed by atoms with E-state index in [0.717, 1.165) is 18.3 Å². The molecule has 1 aromatic rings. The monoisotopic (exact) mass is 322 g/mol. The molecule has 2 aliphatic rings. The van der Waals surface area contributed by atoms with Crippen LogP contribution < -0.4 is 5.46 Å². The van der Waals surface area contributed by atoms with Gasteiger partial charge in [0.2, 0.25) is 0 Å². The van der Waals surface area contributed by atoms with E-state index in [1.165, 1.54) is 0 Å². The third-order valence-electron chi connectivity index (χ3n) is 4.92. The van der Waals surface area contributed by atoms with Crippen LogP contribution in [-0.4, -0.2) is 32.5 Å². The molecule has 1 saturated heterocycles. The second-order valence-electron chi connectivity index (χ2n) is 7.38. The van der Waals surface area contributed by atoms with E-state index in [1.807, 2.05) is 27.7 Å². The molecule has 1 aromatic carbocycles. The molecule has 1 aliphatic heterocycles. The molecule has 0 radical (unpaired) electrons. The Labute approximate surface area is 133 Å². The van der Waals surface area contributed by atoms with E-state index in [2.05, 4.69) is 0 Å². The summed E-state index contributed by atoms with van der Waals surface area (Å²) in [6.07, 6.45) is 2.07. The standard InChI is InChI=1S/C16H23BO4S/c1-15(2)16(3,4)21-17(20-15)13-7-9-14(10-8-13)22(18,19)11-12-5-6-12/h7-10,12H,5-6,11H2,1-4H3. The molecular formula is C16H23BO4S. The predicted octanol–water partition coefficient (Wildman–Crippen LogP) is 2.17. The van der Waals surface area contributed by atoms with E-state index in [-0.39, 0.29) is 5.75 Å². The molecule has 0 atom stereocenters. The third-order valence-corrected chi connectivity index (χ3v) is 6.82. The van der Waals surface area contributed by atoms with Crippen LogP contribution >= 0.6 is 0 Å². The Morgan fingerprint density at radius 3 is 2.00 bits per heavy atom. The summed E-state index contributed by atoms with van der Waals surface area (Å²) < 4.78 is 36.5. The summed E-state index contributed by atoms with van der Waals surface area (Å²) in [5.74, 6) is 0.621. The molecule has 0 bridgehead atoms. The molecule has 1 heterocycles. The van der Waals surface area contributed by atoms with Gasteiger partial charge in [0.1, 0.15) is 0 Å². The molecule has 6 heteroatoms. The van der Waals surface area contributed by atoms with Crippen molar-refractivity contribution in [2.75, 3.05) is 5.75 Å². The number of hydrogen-bond acceptors (Lipinski definition) is 4. The quantitative estimate of drug-likeness (QED) is 0.797. The highest BCUT2D eigenvalue weighted by molar-refractivity contribution is 7.91. The van der Waals surface area contributed by atoms with Gasteiger partial charge in [0.05, 0.1) is 21.9 Å². The lowest BCUT2D eigenvalue weighted by molar-refractivity contribution is 0.00578. The lowest BCUT2D eigenvalue weighted by Gasteiger charge is -2.32. The summed E-state index contributed by atoms with van der Waals surface area (Å²) in [6.45, 7) is 8.01. The summed E-state index contributed by atoms with van der Waals surface area (Å²) in [6, 6.07) is 6.92. The van der Waals surface area contributed by atoms with Crippen molar-refractivity contribution >= 4 is 22.4 Å². The fourth-order valence-corrected chi connectivity index (χ4v) is 4.20. The smallest absolute Gasteiger partial charge is 0.399 e. The first-order chi connectivity index (χ1) is 10.1. The number of benzene rings is 1. The Hall–Kier alpha value is -0.845. The third kappa shape index (κ3) is 2.96. The molecule has 0 amide bonds. The van der Waals surface area contributed by atoms with Crippen LogP contribution in [0.3, 0.4) is 0 Å². The average Bonchev–Trinajstić information content (AvgIpc) is 3.16. The molecular weight excluding hydrogens is 299 g/mol. The molecule has 0 unspecified atom stereocenters. The van der Waals surface area contributed by atoms with Crippen molar-refractivity contribution in [3.8, 4) is 0 Å². The van der Waals surface area contributed by atoms with Crippen LogP contribution in [0.15, 0.2) is 29.2 Å². The van der Waals surface area contributed by atoms with Gasteiger partial charge in [-0.05, 0) is 64.1 Å². The van der Waals surface area contributed by atoms with Crippen molar-refractivity contribution in [1.82, 2.24) is 0 Å². The van der Waals surface area contributed by atoms with Gasteiger partial charge in [0.15, 0.2) is 9.84 Å². The van der Waals surface area contributed by atoms with Crippen molar-refractivity contribution in [2.45, 2.75) is 56.6 Å². The molecule has 2 fully saturated rings. The largest absolute Gasteiger partial charge is 0.494 e. The topological polar surface area (TPSA) is 52.6 Å². The zero-order valence-corrected chi connectivity index (χ0v) is 14.4. The number of sulfone groups is 1. The molecule has 1 saturated carbocycles. The van der Waals surface area contributed by atoms with Crippen molar-refractivity contribution in [1.29, 1.82) is 0 Å². The Balaban J connectivity index is 1.78. The fraction of sp³-hybridized carbons (Fsp3) is 0.625. The highest BCUT2D eigenvalue weighted by atomic mass is 32.2. The molecule has 3 rings (SSSR count). The number of hydrogen-bond donors (Lipinski definition) is 0. The summed E-state index contributed by atoms with van der Waals surface area (Å²) in [4.78, 5) is 0.389. The van der Waals surface area contributed by atoms with Crippen LogP contribution in [0.2, 0.25) is 0 Å². The van der Waals surface area contributed by atoms with E-state index in [0.29, 0.717) is 10.8 Å². The van der Waals surface area contributed by atoms with Crippen LogP contribution in [0.5, 0.6) is 0 Å². The molecule has 120 valence electrons. The van der Waals surface area contributed by atoms with Crippen molar-refractivity contribution in [3.63, 3.8) is 0 Å². The lowest BCUT2D eigenvalue weighted by Crippen LogP contribution is -2.41. The van der Waals surface area contributed by atoms with E-state index >= 15 is 0 Å². The van der Waals surface area contributed by atoms with Crippen LogP contribution in [0.4, 0.5) is 0 Å². The Kier molecular flexibility index (Phi) is 3.70.